The van der Waals surface area contributed by atoms with E-state index in [0.29, 0.717) is 18.7 Å². The molecule has 0 atom stereocenters. The van der Waals surface area contributed by atoms with E-state index in [-0.39, 0.29) is 12.3 Å². The lowest BCUT2D eigenvalue weighted by molar-refractivity contribution is 0.585. The molecular weight excluding hydrogens is 312 g/mol. The lowest BCUT2D eigenvalue weighted by Gasteiger charge is -2.25. The summed E-state index contributed by atoms with van der Waals surface area (Å²) >= 11 is 0. The van der Waals surface area contributed by atoms with Crippen molar-refractivity contribution in [2.45, 2.75) is 13.3 Å². The second-order valence-corrected chi connectivity index (χ2v) is 9.22. The zero-order valence-corrected chi connectivity index (χ0v) is 14.0. The standard InChI is InChI=1S/C13H22N2O4S2/c1-12-6-3-4-7-13(12)15(9-5-8-14)21(18,19)11-10-20(2,16)17/h3-4,6-7H,5,8-11,14H2,1-2H3. The van der Waals surface area contributed by atoms with Crippen molar-refractivity contribution < 1.29 is 16.8 Å². The van der Waals surface area contributed by atoms with Crippen LogP contribution in [0.25, 0.3) is 0 Å². The Kier molecular flexibility index (Phi) is 6.18. The van der Waals surface area contributed by atoms with Crippen molar-refractivity contribution in [1.29, 1.82) is 0 Å². The third-order valence-electron chi connectivity index (χ3n) is 3.00. The second-order valence-electron chi connectivity index (χ2n) is 4.95. The van der Waals surface area contributed by atoms with Crippen LogP contribution in [0.5, 0.6) is 0 Å². The molecule has 0 spiro atoms. The van der Waals surface area contributed by atoms with Crippen molar-refractivity contribution >= 4 is 25.5 Å². The van der Waals surface area contributed by atoms with Gasteiger partial charge in [0, 0.05) is 12.8 Å². The maximum Gasteiger partial charge on any atom is 0.236 e. The number of para-hydroxylation sites is 1. The summed E-state index contributed by atoms with van der Waals surface area (Å²) in [5.41, 5.74) is 6.85. The summed E-state index contributed by atoms with van der Waals surface area (Å²) in [6.45, 7) is 2.42. The van der Waals surface area contributed by atoms with Gasteiger partial charge in [0.1, 0.15) is 9.84 Å². The molecule has 0 saturated heterocycles. The van der Waals surface area contributed by atoms with Gasteiger partial charge in [-0.1, -0.05) is 18.2 Å². The fourth-order valence-corrected chi connectivity index (χ4v) is 5.04. The molecule has 0 fully saturated rings. The zero-order chi connectivity index (χ0) is 16.1. The number of hydrogen-bond acceptors (Lipinski definition) is 5. The maximum atomic E-state index is 12.5. The maximum absolute atomic E-state index is 12.5. The van der Waals surface area contributed by atoms with Crippen molar-refractivity contribution in [3.63, 3.8) is 0 Å². The van der Waals surface area contributed by atoms with Crippen molar-refractivity contribution in [2.75, 3.05) is 35.2 Å². The molecule has 0 aliphatic heterocycles. The van der Waals surface area contributed by atoms with Gasteiger partial charge in [-0.25, -0.2) is 16.8 Å². The molecule has 0 unspecified atom stereocenters. The van der Waals surface area contributed by atoms with Gasteiger partial charge < -0.3 is 5.73 Å². The van der Waals surface area contributed by atoms with Crippen LogP contribution in [0.4, 0.5) is 5.69 Å². The predicted molar refractivity (Wildman–Crippen MR) is 85.7 cm³/mol. The van der Waals surface area contributed by atoms with Crippen molar-refractivity contribution in [1.82, 2.24) is 0 Å². The summed E-state index contributed by atoms with van der Waals surface area (Å²) in [5.74, 6) is -0.814. The summed E-state index contributed by atoms with van der Waals surface area (Å²) in [7, 11) is -7.04. The Morgan fingerprint density at radius 3 is 2.24 bits per heavy atom. The molecule has 0 amide bonds. The van der Waals surface area contributed by atoms with E-state index in [4.69, 9.17) is 5.73 Å². The Hall–Kier alpha value is -1.12. The largest absolute Gasteiger partial charge is 0.330 e. The van der Waals surface area contributed by atoms with Gasteiger partial charge in [0.15, 0.2) is 0 Å². The Morgan fingerprint density at radius 2 is 1.71 bits per heavy atom. The van der Waals surface area contributed by atoms with E-state index in [1.54, 1.807) is 12.1 Å². The average molecular weight is 334 g/mol. The van der Waals surface area contributed by atoms with Crippen LogP contribution in [-0.2, 0) is 19.9 Å². The van der Waals surface area contributed by atoms with Crippen LogP contribution in [0.3, 0.4) is 0 Å². The molecule has 1 aromatic carbocycles. The lowest BCUT2D eigenvalue weighted by Crippen LogP contribution is -2.37. The minimum atomic E-state index is -3.70. The van der Waals surface area contributed by atoms with Crippen LogP contribution in [0.2, 0.25) is 0 Å². The molecular formula is C13H22N2O4S2. The monoisotopic (exact) mass is 334 g/mol. The summed E-state index contributed by atoms with van der Waals surface area (Å²) in [6, 6.07) is 7.10. The smallest absolute Gasteiger partial charge is 0.236 e. The molecule has 21 heavy (non-hydrogen) atoms. The van der Waals surface area contributed by atoms with E-state index in [9.17, 15) is 16.8 Å². The highest BCUT2D eigenvalue weighted by Gasteiger charge is 2.24. The number of benzene rings is 1. The van der Waals surface area contributed by atoms with Gasteiger partial charge in [-0.2, -0.15) is 0 Å². The highest BCUT2D eigenvalue weighted by atomic mass is 32.2. The zero-order valence-electron chi connectivity index (χ0n) is 12.3. The summed E-state index contributed by atoms with van der Waals surface area (Å²) in [6.07, 6.45) is 1.53. The van der Waals surface area contributed by atoms with E-state index in [1.165, 1.54) is 4.31 Å². The van der Waals surface area contributed by atoms with Crippen molar-refractivity contribution in [2.24, 2.45) is 5.73 Å². The van der Waals surface area contributed by atoms with Gasteiger partial charge in [0.05, 0.1) is 17.2 Å². The molecule has 0 aromatic heterocycles. The van der Waals surface area contributed by atoms with Gasteiger partial charge in [-0.15, -0.1) is 0 Å². The molecule has 8 heteroatoms. The Balaban J connectivity index is 3.10. The Bertz CT molecular complexity index is 669. The van der Waals surface area contributed by atoms with Crippen LogP contribution >= 0.6 is 0 Å². The minimum absolute atomic E-state index is 0.244. The van der Waals surface area contributed by atoms with Crippen molar-refractivity contribution in [3.05, 3.63) is 29.8 Å². The van der Waals surface area contributed by atoms with Crippen LogP contribution in [0.1, 0.15) is 12.0 Å². The first-order valence-electron chi connectivity index (χ1n) is 6.61. The van der Waals surface area contributed by atoms with Crippen LogP contribution in [0.15, 0.2) is 24.3 Å². The summed E-state index contributed by atoms with van der Waals surface area (Å²) in [4.78, 5) is 0. The quantitative estimate of drug-likeness (QED) is 0.747. The van der Waals surface area contributed by atoms with E-state index < -0.39 is 25.6 Å². The SMILES string of the molecule is Cc1ccccc1N(CCCN)S(=O)(=O)CCS(C)(=O)=O. The first-order valence-corrected chi connectivity index (χ1v) is 10.3. The van der Waals surface area contributed by atoms with Crippen LogP contribution in [0, 0.1) is 6.92 Å². The Morgan fingerprint density at radius 1 is 1.10 bits per heavy atom. The molecule has 1 aromatic rings. The van der Waals surface area contributed by atoms with E-state index in [2.05, 4.69) is 0 Å². The molecule has 2 N–H and O–H groups in total. The number of nitrogens with two attached hydrogens (primary N) is 1. The van der Waals surface area contributed by atoms with Gasteiger partial charge >= 0.3 is 0 Å². The number of nitrogens with zero attached hydrogens (tertiary/aromatic N) is 1. The Labute approximate surface area is 126 Å². The third kappa shape index (κ3) is 5.64. The van der Waals surface area contributed by atoms with E-state index >= 15 is 0 Å². The molecule has 0 aliphatic carbocycles. The number of anilines is 1. The average Bonchev–Trinajstić information content (AvgIpc) is 2.38. The second kappa shape index (κ2) is 7.24. The third-order valence-corrected chi connectivity index (χ3v) is 5.97. The lowest BCUT2D eigenvalue weighted by atomic mass is 10.2. The highest BCUT2D eigenvalue weighted by molar-refractivity contribution is 7.95. The fourth-order valence-electron chi connectivity index (χ4n) is 1.85. The minimum Gasteiger partial charge on any atom is -0.330 e. The molecule has 120 valence electrons. The number of sulfone groups is 1. The van der Waals surface area contributed by atoms with Gasteiger partial charge in [0.25, 0.3) is 0 Å². The molecule has 6 nitrogen and oxygen atoms in total. The molecule has 0 radical (unpaired) electrons. The molecule has 0 aliphatic rings. The van der Waals surface area contributed by atoms with E-state index in [0.717, 1.165) is 11.8 Å². The molecule has 0 saturated carbocycles. The number of sulfonamides is 1. The number of hydrogen-bond donors (Lipinski definition) is 1. The van der Waals surface area contributed by atoms with Gasteiger partial charge in [-0.3, -0.25) is 4.31 Å². The number of aryl methyl sites for hydroxylation is 1. The van der Waals surface area contributed by atoms with E-state index in [1.807, 2.05) is 19.1 Å². The topological polar surface area (TPSA) is 97.5 Å². The first-order chi connectivity index (χ1) is 9.67. The molecule has 0 heterocycles. The van der Waals surface area contributed by atoms with Gasteiger partial charge in [-0.05, 0) is 31.5 Å². The highest BCUT2D eigenvalue weighted by Crippen LogP contribution is 2.23. The molecule has 0 bridgehead atoms. The number of rotatable bonds is 8. The van der Waals surface area contributed by atoms with Crippen LogP contribution in [-0.4, -0.2) is 47.7 Å². The normalized spacial score (nSPS) is 12.3. The van der Waals surface area contributed by atoms with Crippen LogP contribution < -0.4 is 10.0 Å². The fraction of sp³-hybridized carbons (Fsp3) is 0.538. The summed E-state index contributed by atoms with van der Waals surface area (Å²) < 4.78 is 48.6. The summed E-state index contributed by atoms with van der Waals surface area (Å²) in [5, 5.41) is 0. The predicted octanol–water partition coefficient (Wildman–Crippen LogP) is 0.525. The first kappa shape index (κ1) is 17.9. The van der Waals surface area contributed by atoms with Gasteiger partial charge in [0.2, 0.25) is 10.0 Å². The van der Waals surface area contributed by atoms with Crippen molar-refractivity contribution in [3.8, 4) is 0 Å². The molecule has 1 rings (SSSR count).